The number of rotatable bonds is 6. The molecule has 0 saturated heterocycles. The molecule has 1 unspecified atom stereocenters. The first-order chi connectivity index (χ1) is 11.5. The summed E-state index contributed by atoms with van der Waals surface area (Å²) in [5.41, 5.74) is 1.60. The lowest BCUT2D eigenvalue weighted by molar-refractivity contribution is 0.216. The van der Waals surface area contributed by atoms with Crippen LogP contribution < -0.4 is 10.6 Å². The average molecular weight is 350 g/mol. The van der Waals surface area contributed by atoms with Crippen LogP contribution in [0.25, 0.3) is 0 Å². The third-order valence-electron chi connectivity index (χ3n) is 4.70. The minimum absolute atomic E-state index is 0.476. The van der Waals surface area contributed by atoms with Crippen molar-refractivity contribution in [3.63, 3.8) is 0 Å². The van der Waals surface area contributed by atoms with Crippen LogP contribution in [0.1, 0.15) is 45.1 Å². The molecule has 1 aromatic rings. The van der Waals surface area contributed by atoms with Gasteiger partial charge in [0.1, 0.15) is 0 Å². The summed E-state index contributed by atoms with van der Waals surface area (Å²) < 4.78 is 12.2. The van der Waals surface area contributed by atoms with E-state index >= 15 is 0 Å². The van der Waals surface area contributed by atoms with Gasteiger partial charge in [-0.3, -0.25) is 9.20 Å². The average Bonchev–Trinajstić information content (AvgIpc) is 2.56. The maximum absolute atomic E-state index is 12.2. The molecule has 134 valence electrons. The van der Waals surface area contributed by atoms with Crippen molar-refractivity contribution in [2.75, 3.05) is 19.3 Å². The summed E-state index contributed by atoms with van der Waals surface area (Å²) >= 11 is 0. The lowest BCUT2D eigenvalue weighted by Gasteiger charge is -2.35. The summed E-state index contributed by atoms with van der Waals surface area (Å²) in [4.78, 5) is 4.29. The zero-order valence-electron chi connectivity index (χ0n) is 15.2. The van der Waals surface area contributed by atoms with Crippen molar-refractivity contribution in [3.8, 4) is 0 Å². The van der Waals surface area contributed by atoms with Crippen molar-refractivity contribution in [1.29, 1.82) is 0 Å². The second-order valence-electron chi connectivity index (χ2n) is 7.36. The molecular weight excluding hydrogens is 318 g/mol. The molecule has 0 heterocycles. The molecule has 0 radical (unpaired) electrons. The van der Waals surface area contributed by atoms with E-state index in [2.05, 4.69) is 29.5 Å². The summed E-state index contributed by atoms with van der Waals surface area (Å²) in [5, 5.41) is 6.81. The molecule has 1 saturated carbocycles. The third kappa shape index (κ3) is 6.63. The summed E-state index contributed by atoms with van der Waals surface area (Å²) in [6.45, 7) is 5.37. The van der Waals surface area contributed by atoms with Gasteiger partial charge in [0.05, 0.1) is 0 Å². The van der Waals surface area contributed by atoms with E-state index in [4.69, 9.17) is 0 Å². The third-order valence-corrected chi connectivity index (χ3v) is 6.01. The molecule has 0 aromatic heterocycles. The van der Waals surface area contributed by atoms with Crippen LogP contribution in [0.4, 0.5) is 0 Å². The molecule has 0 spiro atoms. The molecule has 1 atom stereocenters. The molecule has 1 fully saturated rings. The van der Waals surface area contributed by atoms with Crippen molar-refractivity contribution >= 4 is 16.8 Å². The van der Waals surface area contributed by atoms with Crippen LogP contribution >= 0.6 is 0 Å². The maximum Gasteiger partial charge on any atom is 0.191 e. The first-order valence-corrected chi connectivity index (χ1v) is 10.3. The van der Waals surface area contributed by atoms with E-state index in [1.165, 1.54) is 25.7 Å². The van der Waals surface area contributed by atoms with Crippen molar-refractivity contribution in [2.45, 2.75) is 51.3 Å². The highest BCUT2D eigenvalue weighted by Gasteiger charge is 2.27. The monoisotopic (exact) mass is 349 g/mol. The molecule has 24 heavy (non-hydrogen) atoms. The molecule has 1 aromatic carbocycles. The Morgan fingerprint density at radius 1 is 1.25 bits per heavy atom. The zero-order valence-corrected chi connectivity index (χ0v) is 16.0. The van der Waals surface area contributed by atoms with E-state index in [9.17, 15) is 4.21 Å². The fraction of sp³-hybridized carbons (Fsp3) is 0.632. The lowest BCUT2D eigenvalue weighted by atomic mass is 9.75. The number of nitrogens with zero attached hydrogens (tertiary/aromatic N) is 1. The normalized spacial score (nSPS) is 19.7. The Morgan fingerprint density at radius 3 is 2.54 bits per heavy atom. The Hall–Kier alpha value is -1.36. The number of nitrogens with one attached hydrogen (secondary N) is 2. The van der Waals surface area contributed by atoms with Gasteiger partial charge < -0.3 is 10.6 Å². The van der Waals surface area contributed by atoms with Crippen LogP contribution in [0.2, 0.25) is 0 Å². The largest absolute Gasteiger partial charge is 0.355 e. The Balaban J connectivity index is 1.67. The highest BCUT2D eigenvalue weighted by atomic mass is 32.2. The molecule has 0 aliphatic heterocycles. The summed E-state index contributed by atoms with van der Waals surface area (Å²) in [5.74, 6) is 2.08. The smallest absolute Gasteiger partial charge is 0.191 e. The molecular formula is C19H31N3OS. The molecule has 5 heteroatoms. The van der Waals surface area contributed by atoms with Gasteiger partial charge in [-0.1, -0.05) is 44.2 Å². The number of benzene rings is 1. The van der Waals surface area contributed by atoms with E-state index < -0.39 is 10.8 Å². The zero-order chi connectivity index (χ0) is 17.4. The van der Waals surface area contributed by atoms with E-state index in [0.29, 0.717) is 29.5 Å². The first kappa shape index (κ1) is 19.0. The molecule has 0 amide bonds. The standard InChI is InChI=1S/C19H31N3OS/c1-19(2)11-9-17(10-12-19)22-18(20-3)21-13-14-24(23)15-16-7-5-4-6-8-16/h4-8,17H,9-15H2,1-3H3,(H2,20,21,22). The van der Waals surface area contributed by atoms with Crippen LogP contribution in [0, 0.1) is 5.41 Å². The molecule has 1 aliphatic rings. The second kappa shape index (κ2) is 9.21. The van der Waals surface area contributed by atoms with Crippen LogP contribution in [-0.2, 0) is 16.6 Å². The fourth-order valence-corrected chi connectivity index (χ4v) is 4.09. The summed E-state index contributed by atoms with van der Waals surface area (Å²) in [6, 6.07) is 10.5. The fourth-order valence-electron chi connectivity index (χ4n) is 3.05. The van der Waals surface area contributed by atoms with Crippen molar-refractivity contribution in [2.24, 2.45) is 10.4 Å². The van der Waals surface area contributed by atoms with Crippen molar-refractivity contribution in [1.82, 2.24) is 10.6 Å². The predicted molar refractivity (Wildman–Crippen MR) is 104 cm³/mol. The van der Waals surface area contributed by atoms with Gasteiger partial charge in [0.2, 0.25) is 0 Å². The number of hydrogen-bond donors (Lipinski definition) is 2. The van der Waals surface area contributed by atoms with E-state index in [1.807, 2.05) is 30.3 Å². The highest BCUT2D eigenvalue weighted by molar-refractivity contribution is 7.84. The lowest BCUT2D eigenvalue weighted by Crippen LogP contribution is -2.46. The molecule has 0 bridgehead atoms. The minimum atomic E-state index is -0.852. The Labute approximate surface area is 149 Å². The van der Waals surface area contributed by atoms with Gasteiger partial charge in [-0.15, -0.1) is 0 Å². The maximum atomic E-state index is 12.2. The summed E-state index contributed by atoms with van der Waals surface area (Å²) in [6.07, 6.45) is 4.88. The molecule has 1 aliphatic carbocycles. The summed E-state index contributed by atoms with van der Waals surface area (Å²) in [7, 11) is 0.943. The molecule has 4 nitrogen and oxygen atoms in total. The van der Waals surface area contributed by atoms with E-state index in [1.54, 1.807) is 7.05 Å². The predicted octanol–water partition coefficient (Wildman–Crippen LogP) is 3.07. The van der Waals surface area contributed by atoms with Crippen LogP contribution in [0.5, 0.6) is 0 Å². The molecule has 2 rings (SSSR count). The number of guanidine groups is 1. The van der Waals surface area contributed by atoms with Gasteiger partial charge in [-0.05, 0) is 36.7 Å². The van der Waals surface area contributed by atoms with Crippen LogP contribution in [-0.4, -0.2) is 35.6 Å². The molecule has 2 N–H and O–H groups in total. The second-order valence-corrected chi connectivity index (χ2v) is 8.93. The Kier molecular flexibility index (Phi) is 7.28. The van der Waals surface area contributed by atoms with Crippen LogP contribution in [0.15, 0.2) is 35.3 Å². The topological polar surface area (TPSA) is 53.5 Å². The van der Waals surface area contributed by atoms with Gasteiger partial charge in [0, 0.05) is 41.9 Å². The van der Waals surface area contributed by atoms with Gasteiger partial charge in [0.25, 0.3) is 0 Å². The van der Waals surface area contributed by atoms with Crippen molar-refractivity contribution < 1.29 is 4.21 Å². The highest BCUT2D eigenvalue weighted by Crippen LogP contribution is 2.34. The van der Waals surface area contributed by atoms with Gasteiger partial charge in [-0.25, -0.2) is 0 Å². The quantitative estimate of drug-likeness (QED) is 0.613. The SMILES string of the molecule is CN=C(NCCS(=O)Cc1ccccc1)NC1CCC(C)(C)CC1. The van der Waals surface area contributed by atoms with Gasteiger partial charge >= 0.3 is 0 Å². The number of aliphatic imine (C=N–C) groups is 1. The van der Waals surface area contributed by atoms with Gasteiger partial charge in [-0.2, -0.15) is 0 Å². The Bertz CT molecular complexity index is 547. The van der Waals surface area contributed by atoms with Crippen molar-refractivity contribution in [3.05, 3.63) is 35.9 Å². The van der Waals surface area contributed by atoms with Gasteiger partial charge in [0.15, 0.2) is 5.96 Å². The minimum Gasteiger partial charge on any atom is -0.355 e. The number of hydrogen-bond acceptors (Lipinski definition) is 2. The van der Waals surface area contributed by atoms with E-state index in [0.717, 1.165) is 11.5 Å². The van der Waals surface area contributed by atoms with Crippen LogP contribution in [0.3, 0.4) is 0 Å². The first-order valence-electron chi connectivity index (χ1n) is 8.84. The van der Waals surface area contributed by atoms with E-state index in [-0.39, 0.29) is 0 Å². The Morgan fingerprint density at radius 2 is 1.92 bits per heavy atom.